The number of carboxylic acid groups (broad SMARTS) is 1. The largest absolute Gasteiger partial charge is 0.501 e. The molecule has 1 atom stereocenters. The van der Waals surface area contributed by atoms with Gasteiger partial charge in [-0.1, -0.05) is 36.4 Å². The number of aromatic carboxylic acids is 1. The molecular formula is C29H22F3NO5S2. The molecule has 5 rings (SSSR count). The molecule has 0 saturated heterocycles. The second-order valence-corrected chi connectivity index (χ2v) is 12.3. The van der Waals surface area contributed by atoms with Gasteiger partial charge in [-0.2, -0.15) is 13.2 Å². The number of halogens is 3. The highest BCUT2D eigenvalue weighted by Crippen LogP contribution is 2.41. The third-order valence-electron chi connectivity index (χ3n) is 6.70. The lowest BCUT2D eigenvalue weighted by molar-refractivity contribution is -0.0436. The fraction of sp³-hybridized carbons (Fsp3) is 0.172. The second-order valence-electron chi connectivity index (χ2n) is 9.30. The van der Waals surface area contributed by atoms with Crippen LogP contribution in [0.15, 0.2) is 71.6 Å². The first-order chi connectivity index (χ1) is 18.8. The molecule has 6 nitrogen and oxygen atoms in total. The van der Waals surface area contributed by atoms with Gasteiger partial charge in [0.15, 0.2) is 0 Å². The van der Waals surface area contributed by atoms with E-state index in [2.05, 4.69) is 0 Å². The molecule has 0 saturated carbocycles. The fourth-order valence-corrected chi connectivity index (χ4v) is 6.49. The van der Waals surface area contributed by atoms with Crippen molar-refractivity contribution in [1.82, 2.24) is 4.98 Å². The highest BCUT2D eigenvalue weighted by Gasteiger charge is 2.46. The number of hydrogen-bond acceptors (Lipinski definition) is 6. The van der Waals surface area contributed by atoms with E-state index in [4.69, 9.17) is 9.72 Å². The zero-order valence-electron chi connectivity index (χ0n) is 21.4. The van der Waals surface area contributed by atoms with Gasteiger partial charge >= 0.3 is 11.5 Å². The second kappa shape index (κ2) is 9.90. The van der Waals surface area contributed by atoms with Crippen molar-refractivity contribution in [3.05, 3.63) is 89.0 Å². The third-order valence-corrected chi connectivity index (χ3v) is 9.50. The molecule has 2 heterocycles. The van der Waals surface area contributed by atoms with Crippen LogP contribution in [0.4, 0.5) is 13.2 Å². The zero-order valence-corrected chi connectivity index (χ0v) is 23.0. The number of hydrogen-bond donors (Lipinski definition) is 1. The number of alkyl halides is 3. The molecule has 0 unspecified atom stereocenters. The number of carboxylic acids is 1. The average Bonchev–Trinajstić information content (AvgIpc) is 3.25. The van der Waals surface area contributed by atoms with Crippen molar-refractivity contribution in [1.29, 1.82) is 0 Å². The van der Waals surface area contributed by atoms with Gasteiger partial charge in [0.2, 0.25) is 0 Å². The number of carbonyl (C=O) groups is 1. The number of aromatic nitrogens is 1. The fourth-order valence-electron chi connectivity index (χ4n) is 4.55. The maximum atomic E-state index is 12.9. The minimum atomic E-state index is -5.48. The maximum absolute atomic E-state index is 12.9. The summed E-state index contributed by atoms with van der Waals surface area (Å²) in [6, 6.07) is 17.0. The number of nitrogens with zero attached hydrogens (tertiary/aromatic N) is 1. The van der Waals surface area contributed by atoms with Crippen LogP contribution in [0.3, 0.4) is 0 Å². The summed E-state index contributed by atoms with van der Waals surface area (Å²) in [5.74, 6) is -0.943. The van der Waals surface area contributed by atoms with Crippen LogP contribution < -0.4 is 4.74 Å². The van der Waals surface area contributed by atoms with E-state index in [0.29, 0.717) is 16.8 Å². The van der Waals surface area contributed by atoms with Gasteiger partial charge in [0, 0.05) is 4.70 Å². The number of ether oxygens (including phenoxy) is 1. The van der Waals surface area contributed by atoms with Crippen molar-refractivity contribution in [2.24, 2.45) is 0 Å². The van der Waals surface area contributed by atoms with Crippen LogP contribution in [-0.4, -0.2) is 30.0 Å². The number of fused-ring (bicyclic) bond motifs is 2. The van der Waals surface area contributed by atoms with Crippen LogP contribution in [0.2, 0.25) is 0 Å². The van der Waals surface area contributed by atoms with Gasteiger partial charge in [0.25, 0.3) is 9.84 Å². The normalized spacial score (nSPS) is 13.1. The van der Waals surface area contributed by atoms with Gasteiger partial charge in [-0.25, -0.2) is 18.2 Å². The standard InChI is InChI=1S/C29H22F3NO5S2/c1-15-8-13-23(38-17(3)18-9-11-19(12-10-18)40(36,37)29(30,31)32)25-21(28(34)35)14-22(33-26(15)25)27-16(2)20-6-4-5-7-24(20)39-27/h4-14,17H,1-3H3,(H,34,35)/t17-/m0/s1. The molecule has 11 heteroatoms. The summed E-state index contributed by atoms with van der Waals surface area (Å²) in [5.41, 5.74) is -2.31. The van der Waals surface area contributed by atoms with E-state index in [1.165, 1.54) is 29.5 Å². The molecule has 0 spiro atoms. The van der Waals surface area contributed by atoms with E-state index >= 15 is 0 Å². The lowest BCUT2D eigenvalue weighted by Crippen LogP contribution is -2.23. The van der Waals surface area contributed by atoms with Crippen LogP contribution in [-0.2, 0) is 9.84 Å². The molecule has 0 aliphatic carbocycles. The molecule has 0 aliphatic rings. The summed E-state index contributed by atoms with van der Waals surface area (Å²) < 4.78 is 69.2. The van der Waals surface area contributed by atoms with Gasteiger partial charge < -0.3 is 9.84 Å². The minimum absolute atomic E-state index is 0.00521. The van der Waals surface area contributed by atoms with Crippen molar-refractivity contribution in [3.63, 3.8) is 0 Å². The van der Waals surface area contributed by atoms with Crippen LogP contribution in [0, 0.1) is 13.8 Å². The molecule has 1 N–H and O–H groups in total. The van der Waals surface area contributed by atoms with E-state index < -0.39 is 32.3 Å². The first-order valence-electron chi connectivity index (χ1n) is 12.0. The summed E-state index contributed by atoms with van der Waals surface area (Å²) in [6.45, 7) is 5.41. The first-order valence-corrected chi connectivity index (χ1v) is 14.3. The van der Waals surface area contributed by atoms with E-state index in [9.17, 15) is 31.5 Å². The molecule has 5 aromatic rings. The Balaban J connectivity index is 1.57. The Labute approximate surface area is 231 Å². The first kappa shape index (κ1) is 27.6. The maximum Gasteiger partial charge on any atom is 0.501 e. The number of aryl methyl sites for hydroxylation is 2. The smallest absolute Gasteiger partial charge is 0.485 e. The third kappa shape index (κ3) is 4.69. The number of benzene rings is 3. The molecule has 0 bridgehead atoms. The van der Waals surface area contributed by atoms with Crippen LogP contribution in [0.25, 0.3) is 31.6 Å². The molecule has 2 aromatic heterocycles. The Morgan fingerprint density at radius 3 is 2.33 bits per heavy atom. The summed E-state index contributed by atoms with van der Waals surface area (Å²) >= 11 is 1.53. The summed E-state index contributed by atoms with van der Waals surface area (Å²) in [5, 5.41) is 11.5. The molecule has 0 radical (unpaired) electrons. The molecule has 0 aliphatic heterocycles. The number of sulfone groups is 1. The van der Waals surface area contributed by atoms with Crippen molar-refractivity contribution < 1.29 is 36.2 Å². The van der Waals surface area contributed by atoms with Crippen LogP contribution in [0.1, 0.15) is 40.1 Å². The van der Waals surface area contributed by atoms with Crippen molar-refractivity contribution in [3.8, 4) is 16.3 Å². The summed E-state index contributed by atoms with van der Waals surface area (Å²) in [6.07, 6.45) is -0.750. The highest BCUT2D eigenvalue weighted by molar-refractivity contribution is 7.92. The average molecular weight is 586 g/mol. The number of thiophene rings is 1. The van der Waals surface area contributed by atoms with Crippen LogP contribution in [0.5, 0.6) is 5.75 Å². The Morgan fingerprint density at radius 1 is 1.02 bits per heavy atom. The lowest BCUT2D eigenvalue weighted by atomic mass is 10.0. The topological polar surface area (TPSA) is 93.6 Å². The van der Waals surface area contributed by atoms with E-state index in [0.717, 1.165) is 38.2 Å². The number of pyridine rings is 1. The molecule has 206 valence electrons. The van der Waals surface area contributed by atoms with Gasteiger partial charge in [-0.15, -0.1) is 11.3 Å². The summed E-state index contributed by atoms with van der Waals surface area (Å²) in [7, 11) is -5.48. The van der Waals surface area contributed by atoms with Gasteiger partial charge in [-0.3, -0.25) is 0 Å². The zero-order chi connectivity index (χ0) is 29.0. The van der Waals surface area contributed by atoms with Gasteiger partial charge in [-0.05, 0) is 73.2 Å². The van der Waals surface area contributed by atoms with E-state index in [1.54, 1.807) is 19.1 Å². The SMILES string of the molecule is Cc1c(-c2cc(C(=O)O)c3c(O[C@@H](C)c4ccc(S(=O)(=O)C(F)(F)F)cc4)ccc(C)c3n2)sc2ccccc12. The number of rotatable bonds is 6. The van der Waals surface area contributed by atoms with Gasteiger partial charge in [0.1, 0.15) is 11.9 Å². The van der Waals surface area contributed by atoms with Crippen molar-refractivity contribution in [2.45, 2.75) is 37.3 Å². The van der Waals surface area contributed by atoms with Crippen molar-refractivity contribution >= 4 is 48.1 Å². The monoisotopic (exact) mass is 585 g/mol. The molecular weight excluding hydrogens is 563 g/mol. The Bertz CT molecular complexity index is 1900. The quantitative estimate of drug-likeness (QED) is 0.218. The minimum Gasteiger partial charge on any atom is -0.485 e. The Kier molecular flexibility index (Phi) is 6.83. The molecule has 0 amide bonds. The molecule has 40 heavy (non-hydrogen) atoms. The highest BCUT2D eigenvalue weighted by atomic mass is 32.2. The van der Waals surface area contributed by atoms with Crippen molar-refractivity contribution in [2.75, 3.05) is 0 Å². The van der Waals surface area contributed by atoms with Crippen LogP contribution >= 0.6 is 11.3 Å². The van der Waals surface area contributed by atoms with Gasteiger partial charge in [0.05, 0.1) is 31.9 Å². The molecule has 3 aromatic carbocycles. The predicted molar refractivity (Wildman–Crippen MR) is 148 cm³/mol. The lowest BCUT2D eigenvalue weighted by Gasteiger charge is -2.19. The Hall–Kier alpha value is -3.96. The van der Waals surface area contributed by atoms with E-state index in [1.807, 2.05) is 38.1 Å². The molecule has 0 fully saturated rings. The predicted octanol–water partition coefficient (Wildman–Crippen LogP) is 7.87. The van der Waals surface area contributed by atoms with E-state index in [-0.39, 0.29) is 16.7 Å². The Morgan fingerprint density at radius 2 is 1.70 bits per heavy atom. The summed E-state index contributed by atoms with van der Waals surface area (Å²) in [4.78, 5) is 17.3.